The molecule has 3 N–H and O–H groups in total. The second kappa shape index (κ2) is 6.83. The van der Waals surface area contributed by atoms with Crippen molar-refractivity contribution in [3.05, 3.63) is 6.20 Å². The average molecular weight is 305 g/mol. The van der Waals surface area contributed by atoms with E-state index < -0.39 is 5.97 Å². The first-order valence-electron chi connectivity index (χ1n) is 6.93. The minimum atomic E-state index is -0.980. The molecule has 2 heterocycles. The fourth-order valence-corrected chi connectivity index (χ4v) is 1.78. The van der Waals surface area contributed by atoms with Crippen molar-refractivity contribution in [3.63, 3.8) is 0 Å². The van der Waals surface area contributed by atoms with Crippen molar-refractivity contribution in [2.24, 2.45) is 0 Å². The van der Waals surface area contributed by atoms with Gasteiger partial charge in [-0.1, -0.05) is 6.92 Å². The molecular formula is C13H19N7O2. The molecule has 0 aliphatic carbocycles. The van der Waals surface area contributed by atoms with Gasteiger partial charge < -0.3 is 20.6 Å². The number of hydrogen-bond acceptors (Lipinski definition) is 8. The number of anilines is 3. The summed E-state index contributed by atoms with van der Waals surface area (Å²) in [6, 6.07) is 0. The zero-order valence-corrected chi connectivity index (χ0v) is 12.8. The molecule has 0 spiro atoms. The van der Waals surface area contributed by atoms with Crippen molar-refractivity contribution in [2.45, 2.75) is 13.3 Å². The van der Waals surface area contributed by atoms with Crippen molar-refractivity contribution in [1.29, 1.82) is 0 Å². The molecule has 0 saturated carbocycles. The van der Waals surface area contributed by atoms with Gasteiger partial charge in [-0.05, 0) is 6.42 Å². The number of aromatic nitrogens is 4. The molecule has 0 aromatic carbocycles. The molecule has 22 heavy (non-hydrogen) atoms. The van der Waals surface area contributed by atoms with E-state index in [1.54, 1.807) is 6.20 Å². The molecule has 0 fully saturated rings. The van der Waals surface area contributed by atoms with Gasteiger partial charge in [0, 0.05) is 20.6 Å². The third kappa shape index (κ3) is 3.68. The number of rotatable bonds is 7. The minimum absolute atomic E-state index is 0.232. The van der Waals surface area contributed by atoms with E-state index in [1.807, 2.05) is 19.0 Å². The van der Waals surface area contributed by atoms with E-state index in [4.69, 9.17) is 5.11 Å². The van der Waals surface area contributed by atoms with Gasteiger partial charge in [-0.3, -0.25) is 4.79 Å². The summed E-state index contributed by atoms with van der Waals surface area (Å²) in [5.74, 6) is 0.417. The quantitative estimate of drug-likeness (QED) is 0.683. The second-order valence-electron chi connectivity index (χ2n) is 4.87. The van der Waals surface area contributed by atoms with Crippen LogP contribution in [0.2, 0.25) is 0 Å². The van der Waals surface area contributed by atoms with Crippen LogP contribution in [0.1, 0.15) is 13.3 Å². The van der Waals surface area contributed by atoms with Gasteiger partial charge in [0.2, 0.25) is 11.9 Å². The number of fused-ring (bicyclic) bond motifs is 1. The number of nitrogens with one attached hydrogen (secondary N) is 2. The van der Waals surface area contributed by atoms with Crippen molar-refractivity contribution in [2.75, 3.05) is 42.7 Å². The van der Waals surface area contributed by atoms with Gasteiger partial charge in [-0.25, -0.2) is 15.0 Å². The Bertz CT molecular complexity index is 675. The summed E-state index contributed by atoms with van der Waals surface area (Å²) in [7, 11) is 3.72. The van der Waals surface area contributed by atoms with Crippen molar-refractivity contribution in [1.82, 2.24) is 19.9 Å². The summed E-state index contributed by atoms with van der Waals surface area (Å²) in [5.41, 5.74) is 1.16. The summed E-state index contributed by atoms with van der Waals surface area (Å²) < 4.78 is 0. The first-order chi connectivity index (χ1) is 10.5. The molecule has 0 radical (unpaired) electrons. The molecule has 0 saturated heterocycles. The van der Waals surface area contributed by atoms with E-state index in [0.29, 0.717) is 22.8 Å². The lowest BCUT2D eigenvalue weighted by molar-refractivity contribution is -0.134. The Morgan fingerprint density at radius 1 is 1.23 bits per heavy atom. The van der Waals surface area contributed by atoms with E-state index in [0.717, 1.165) is 13.0 Å². The first kappa shape index (κ1) is 15.7. The topological polar surface area (TPSA) is 116 Å². The second-order valence-corrected chi connectivity index (χ2v) is 4.87. The van der Waals surface area contributed by atoms with Gasteiger partial charge in [0.15, 0.2) is 5.82 Å². The van der Waals surface area contributed by atoms with Gasteiger partial charge in [-0.15, -0.1) is 0 Å². The maximum atomic E-state index is 10.6. The lowest BCUT2D eigenvalue weighted by Crippen LogP contribution is -2.17. The zero-order valence-electron chi connectivity index (χ0n) is 12.8. The smallest absolute Gasteiger partial charge is 0.322 e. The Morgan fingerprint density at radius 2 is 2.00 bits per heavy atom. The van der Waals surface area contributed by atoms with E-state index in [1.165, 1.54) is 0 Å². The third-order valence-corrected chi connectivity index (χ3v) is 2.77. The highest BCUT2D eigenvalue weighted by Gasteiger charge is 2.12. The summed E-state index contributed by atoms with van der Waals surface area (Å²) in [5, 5.41) is 14.5. The molecule has 9 heteroatoms. The predicted octanol–water partition coefficient (Wildman–Crippen LogP) is 0.804. The molecule has 0 bridgehead atoms. The van der Waals surface area contributed by atoms with Crippen LogP contribution < -0.4 is 15.5 Å². The van der Waals surface area contributed by atoms with E-state index in [9.17, 15) is 4.79 Å². The molecule has 2 aromatic rings. The maximum absolute atomic E-state index is 10.6. The largest absolute Gasteiger partial charge is 0.480 e. The monoisotopic (exact) mass is 305 g/mol. The third-order valence-electron chi connectivity index (χ3n) is 2.77. The van der Waals surface area contributed by atoms with Crippen LogP contribution in [0.25, 0.3) is 11.0 Å². The van der Waals surface area contributed by atoms with Gasteiger partial charge in [-0.2, -0.15) is 4.98 Å². The summed E-state index contributed by atoms with van der Waals surface area (Å²) in [6.45, 7) is 2.59. The number of hydrogen-bond donors (Lipinski definition) is 3. The van der Waals surface area contributed by atoms with Crippen LogP contribution in [0.3, 0.4) is 0 Å². The molecule has 0 amide bonds. The first-order valence-corrected chi connectivity index (χ1v) is 6.93. The van der Waals surface area contributed by atoms with Crippen LogP contribution in [0.5, 0.6) is 0 Å². The molecule has 2 rings (SSSR count). The van der Waals surface area contributed by atoms with Crippen LogP contribution in [-0.2, 0) is 4.79 Å². The van der Waals surface area contributed by atoms with E-state index >= 15 is 0 Å². The van der Waals surface area contributed by atoms with Gasteiger partial charge in [0.25, 0.3) is 0 Å². The Labute approximate surface area is 127 Å². The number of aliphatic carboxylic acids is 1. The lowest BCUT2D eigenvalue weighted by atomic mass is 10.4. The molecule has 0 unspecified atom stereocenters. The van der Waals surface area contributed by atoms with Crippen molar-refractivity contribution in [3.8, 4) is 0 Å². The number of nitrogens with zero attached hydrogens (tertiary/aromatic N) is 5. The van der Waals surface area contributed by atoms with Gasteiger partial charge >= 0.3 is 5.97 Å². The van der Waals surface area contributed by atoms with Crippen LogP contribution in [0.15, 0.2) is 6.20 Å². The molecule has 0 aliphatic rings. The number of carboxylic acids is 1. The maximum Gasteiger partial charge on any atom is 0.322 e. The van der Waals surface area contributed by atoms with Crippen molar-refractivity contribution < 1.29 is 9.90 Å². The Balaban J connectivity index is 2.41. The molecule has 2 aromatic heterocycles. The highest BCUT2D eigenvalue weighted by molar-refractivity contribution is 5.87. The van der Waals surface area contributed by atoms with Gasteiger partial charge in [0.1, 0.15) is 17.6 Å². The normalized spacial score (nSPS) is 10.5. The highest BCUT2D eigenvalue weighted by atomic mass is 16.4. The molecule has 0 atom stereocenters. The van der Waals surface area contributed by atoms with Crippen LogP contribution in [0, 0.1) is 0 Å². The van der Waals surface area contributed by atoms with Crippen LogP contribution >= 0.6 is 0 Å². The number of carboxylic acid groups (broad SMARTS) is 1. The predicted molar refractivity (Wildman–Crippen MR) is 84.4 cm³/mol. The molecule has 9 nitrogen and oxygen atoms in total. The average Bonchev–Trinajstić information content (AvgIpc) is 2.49. The minimum Gasteiger partial charge on any atom is -0.480 e. The zero-order chi connectivity index (χ0) is 16.1. The fraction of sp³-hybridized carbons (Fsp3) is 0.462. The van der Waals surface area contributed by atoms with Crippen molar-refractivity contribution >= 4 is 34.7 Å². The Morgan fingerprint density at radius 3 is 2.64 bits per heavy atom. The Hall–Kier alpha value is -2.71. The highest BCUT2D eigenvalue weighted by Crippen LogP contribution is 2.22. The summed E-state index contributed by atoms with van der Waals surface area (Å²) in [6.07, 6.45) is 2.52. The van der Waals surface area contributed by atoms with E-state index in [2.05, 4.69) is 37.5 Å². The SMILES string of the molecule is CCCNc1nc(N(C)C)c2nc(NCC(=O)O)ncc2n1. The van der Waals surface area contributed by atoms with E-state index in [-0.39, 0.29) is 12.5 Å². The standard InChI is InChI=1S/C13H19N7O2/c1-4-5-14-13-17-8-6-15-12(16-7-9(21)22)18-10(8)11(19-13)20(2)3/h6H,4-5,7H2,1-3H3,(H,21,22)(H,14,17,19)(H,15,16,18). The van der Waals surface area contributed by atoms with Gasteiger partial charge in [0.05, 0.1) is 6.20 Å². The molecule has 0 aliphatic heterocycles. The lowest BCUT2D eigenvalue weighted by Gasteiger charge is -2.15. The summed E-state index contributed by atoms with van der Waals surface area (Å²) in [4.78, 5) is 29.6. The molecule has 118 valence electrons. The van der Waals surface area contributed by atoms with Crippen LogP contribution in [0.4, 0.5) is 17.7 Å². The number of carbonyl (C=O) groups is 1. The summed E-state index contributed by atoms with van der Waals surface area (Å²) >= 11 is 0. The fourth-order valence-electron chi connectivity index (χ4n) is 1.78. The van der Waals surface area contributed by atoms with Crippen LogP contribution in [-0.4, -0.2) is 58.2 Å². The molecular weight excluding hydrogens is 286 g/mol. The Kier molecular flexibility index (Phi) is 4.87.